The number of nitrogens with one attached hydrogen (secondary N) is 1. The van der Waals surface area contributed by atoms with Crippen LogP contribution in [0.2, 0.25) is 0 Å². The van der Waals surface area contributed by atoms with Gasteiger partial charge < -0.3 is 10.2 Å². The second-order valence-corrected chi connectivity index (χ2v) is 4.71. The van der Waals surface area contributed by atoms with Gasteiger partial charge in [-0.05, 0) is 38.4 Å². The minimum Gasteiger partial charge on any atom is -0.364 e. The Morgan fingerprint density at radius 1 is 1.44 bits per heavy atom. The molecule has 0 radical (unpaired) electrons. The standard InChI is InChI=1S/C14H22N2/c1-4-13(10-15-3)16-11(2)9-12-7-5-6-8-14(12)16/h5-8,11,13,15H,4,9-10H2,1-3H3. The summed E-state index contributed by atoms with van der Waals surface area (Å²) in [5, 5.41) is 3.31. The molecule has 1 aromatic rings. The number of likely N-dealkylation sites (N-methyl/N-ethyl adjacent to an activating group) is 1. The van der Waals surface area contributed by atoms with Crippen molar-refractivity contribution in [1.29, 1.82) is 0 Å². The van der Waals surface area contributed by atoms with Crippen molar-refractivity contribution in [3.8, 4) is 0 Å². The number of hydrogen-bond acceptors (Lipinski definition) is 2. The van der Waals surface area contributed by atoms with Crippen LogP contribution in [-0.2, 0) is 6.42 Å². The van der Waals surface area contributed by atoms with E-state index in [0.717, 1.165) is 6.54 Å². The number of benzene rings is 1. The smallest absolute Gasteiger partial charge is 0.0415 e. The van der Waals surface area contributed by atoms with Crippen molar-refractivity contribution < 1.29 is 0 Å². The van der Waals surface area contributed by atoms with Crippen molar-refractivity contribution in [2.24, 2.45) is 0 Å². The Labute approximate surface area is 98.7 Å². The highest BCUT2D eigenvalue weighted by atomic mass is 15.2. The van der Waals surface area contributed by atoms with Crippen LogP contribution >= 0.6 is 0 Å². The highest BCUT2D eigenvalue weighted by Gasteiger charge is 2.29. The molecule has 0 aromatic heterocycles. The minimum atomic E-state index is 0.614. The quantitative estimate of drug-likeness (QED) is 0.835. The van der Waals surface area contributed by atoms with Crippen molar-refractivity contribution in [1.82, 2.24) is 5.32 Å². The first-order chi connectivity index (χ1) is 7.77. The number of hydrogen-bond donors (Lipinski definition) is 1. The van der Waals surface area contributed by atoms with Gasteiger partial charge in [0.2, 0.25) is 0 Å². The summed E-state index contributed by atoms with van der Waals surface area (Å²) in [6.07, 6.45) is 2.38. The lowest BCUT2D eigenvalue weighted by atomic mass is 10.1. The third-order valence-corrected chi connectivity index (χ3v) is 3.56. The summed E-state index contributed by atoms with van der Waals surface area (Å²) >= 11 is 0. The van der Waals surface area contributed by atoms with Gasteiger partial charge in [-0.1, -0.05) is 25.1 Å². The van der Waals surface area contributed by atoms with Crippen LogP contribution in [0.15, 0.2) is 24.3 Å². The van der Waals surface area contributed by atoms with E-state index >= 15 is 0 Å². The van der Waals surface area contributed by atoms with Gasteiger partial charge in [0.15, 0.2) is 0 Å². The van der Waals surface area contributed by atoms with Crippen LogP contribution < -0.4 is 10.2 Å². The molecule has 0 fully saturated rings. The van der Waals surface area contributed by atoms with Crippen molar-refractivity contribution in [3.05, 3.63) is 29.8 Å². The molecule has 0 aliphatic carbocycles. The molecule has 16 heavy (non-hydrogen) atoms. The van der Waals surface area contributed by atoms with Gasteiger partial charge in [-0.2, -0.15) is 0 Å². The molecule has 0 spiro atoms. The second kappa shape index (κ2) is 4.88. The summed E-state index contributed by atoms with van der Waals surface area (Å²) in [7, 11) is 2.04. The molecule has 1 aliphatic heterocycles. The molecule has 1 aliphatic rings. The second-order valence-electron chi connectivity index (χ2n) is 4.71. The normalized spacial score (nSPS) is 20.9. The molecule has 0 saturated carbocycles. The van der Waals surface area contributed by atoms with Crippen LogP contribution in [-0.4, -0.2) is 25.7 Å². The van der Waals surface area contributed by atoms with Gasteiger partial charge in [0.1, 0.15) is 0 Å². The monoisotopic (exact) mass is 218 g/mol. The number of anilines is 1. The van der Waals surface area contributed by atoms with Crippen LogP contribution in [0.4, 0.5) is 5.69 Å². The zero-order valence-electron chi connectivity index (χ0n) is 10.5. The first kappa shape index (κ1) is 11.5. The Morgan fingerprint density at radius 2 is 2.19 bits per heavy atom. The van der Waals surface area contributed by atoms with Crippen molar-refractivity contribution >= 4 is 5.69 Å². The van der Waals surface area contributed by atoms with Gasteiger partial charge in [0, 0.05) is 24.3 Å². The average Bonchev–Trinajstić information content (AvgIpc) is 2.62. The van der Waals surface area contributed by atoms with Gasteiger partial charge in [-0.25, -0.2) is 0 Å². The molecule has 2 atom stereocenters. The molecular formula is C14H22N2. The molecule has 1 aromatic carbocycles. The third kappa shape index (κ3) is 1.94. The molecule has 0 saturated heterocycles. The summed E-state index contributed by atoms with van der Waals surface area (Å²) in [5.41, 5.74) is 2.95. The van der Waals surface area contributed by atoms with Crippen LogP contribution in [0.25, 0.3) is 0 Å². The van der Waals surface area contributed by atoms with Gasteiger partial charge in [-0.15, -0.1) is 0 Å². The SMILES string of the molecule is CCC(CNC)N1c2ccccc2CC1C. The first-order valence-electron chi connectivity index (χ1n) is 6.28. The predicted molar refractivity (Wildman–Crippen MR) is 70.1 cm³/mol. The van der Waals surface area contributed by atoms with Crippen LogP contribution in [0.3, 0.4) is 0 Å². The topological polar surface area (TPSA) is 15.3 Å². The lowest BCUT2D eigenvalue weighted by Crippen LogP contribution is -2.44. The Hall–Kier alpha value is -1.02. The summed E-state index contributed by atoms with van der Waals surface area (Å²) in [6, 6.07) is 10.1. The van der Waals surface area contributed by atoms with Gasteiger partial charge in [0.05, 0.1) is 0 Å². The third-order valence-electron chi connectivity index (χ3n) is 3.56. The fourth-order valence-corrected chi connectivity index (χ4v) is 2.82. The van der Waals surface area contributed by atoms with Crippen LogP contribution in [0.5, 0.6) is 0 Å². The van der Waals surface area contributed by atoms with Crippen molar-refractivity contribution in [3.63, 3.8) is 0 Å². The van der Waals surface area contributed by atoms with Gasteiger partial charge in [-0.3, -0.25) is 0 Å². The summed E-state index contributed by atoms with van der Waals surface area (Å²) < 4.78 is 0. The van der Waals surface area contributed by atoms with Gasteiger partial charge in [0.25, 0.3) is 0 Å². The lowest BCUT2D eigenvalue weighted by molar-refractivity contribution is 0.509. The van der Waals surface area contributed by atoms with Gasteiger partial charge >= 0.3 is 0 Å². The Morgan fingerprint density at radius 3 is 2.88 bits per heavy atom. The maximum Gasteiger partial charge on any atom is 0.0415 e. The Balaban J connectivity index is 2.26. The van der Waals surface area contributed by atoms with E-state index in [4.69, 9.17) is 0 Å². The molecule has 2 rings (SSSR count). The number of rotatable bonds is 4. The largest absolute Gasteiger partial charge is 0.364 e. The molecule has 0 amide bonds. The first-order valence-corrected chi connectivity index (χ1v) is 6.28. The Kier molecular flexibility index (Phi) is 3.49. The van der Waals surface area contributed by atoms with E-state index < -0.39 is 0 Å². The molecule has 2 nitrogen and oxygen atoms in total. The van der Waals surface area contributed by atoms with E-state index in [-0.39, 0.29) is 0 Å². The van der Waals surface area contributed by atoms with E-state index in [0.29, 0.717) is 12.1 Å². The number of para-hydroxylation sites is 1. The predicted octanol–water partition coefficient (Wildman–Crippen LogP) is 2.44. The molecule has 2 unspecified atom stereocenters. The molecule has 1 heterocycles. The maximum absolute atomic E-state index is 3.31. The molecule has 88 valence electrons. The summed E-state index contributed by atoms with van der Waals surface area (Å²) in [4.78, 5) is 2.59. The molecule has 2 heteroatoms. The Bertz CT molecular complexity index is 348. The fraction of sp³-hybridized carbons (Fsp3) is 0.571. The molecular weight excluding hydrogens is 196 g/mol. The lowest BCUT2D eigenvalue weighted by Gasteiger charge is -2.33. The van der Waals surface area contributed by atoms with E-state index in [1.807, 2.05) is 7.05 Å². The van der Waals surface area contributed by atoms with E-state index in [1.165, 1.54) is 24.1 Å². The molecule has 0 bridgehead atoms. The average molecular weight is 218 g/mol. The van der Waals surface area contributed by atoms with Crippen LogP contribution in [0.1, 0.15) is 25.8 Å². The number of nitrogens with zero attached hydrogens (tertiary/aromatic N) is 1. The highest BCUT2D eigenvalue weighted by Crippen LogP contribution is 2.33. The fourth-order valence-electron chi connectivity index (χ4n) is 2.82. The van der Waals surface area contributed by atoms with Crippen molar-refractivity contribution in [2.75, 3.05) is 18.5 Å². The zero-order valence-corrected chi connectivity index (χ0v) is 10.5. The van der Waals surface area contributed by atoms with Crippen molar-refractivity contribution in [2.45, 2.75) is 38.8 Å². The summed E-state index contributed by atoms with van der Waals surface area (Å²) in [5.74, 6) is 0. The zero-order chi connectivity index (χ0) is 11.5. The molecule has 1 N–H and O–H groups in total. The van der Waals surface area contributed by atoms with E-state index in [9.17, 15) is 0 Å². The minimum absolute atomic E-state index is 0.614. The highest BCUT2D eigenvalue weighted by molar-refractivity contribution is 5.60. The summed E-state index contributed by atoms with van der Waals surface area (Å²) in [6.45, 7) is 5.67. The van der Waals surface area contributed by atoms with E-state index in [2.05, 4.69) is 48.3 Å². The van der Waals surface area contributed by atoms with Crippen LogP contribution in [0, 0.1) is 0 Å². The van der Waals surface area contributed by atoms with E-state index in [1.54, 1.807) is 0 Å². The number of fused-ring (bicyclic) bond motifs is 1. The maximum atomic E-state index is 3.31.